The van der Waals surface area contributed by atoms with Crippen LogP contribution in [0.15, 0.2) is 69.9 Å². The Morgan fingerprint density at radius 2 is 0.664 bits per heavy atom. The van der Waals surface area contributed by atoms with Crippen molar-refractivity contribution in [1.29, 1.82) is 0 Å². The highest BCUT2D eigenvalue weighted by Crippen LogP contribution is 2.73. The smallest absolute Gasteiger partial charge is 0.306 e. The highest BCUT2D eigenvalue weighted by Gasteiger charge is 2.73. The fraction of sp³-hybridized carbons (Fsp3) is 0.760. The van der Waals surface area contributed by atoms with Gasteiger partial charge in [0, 0.05) is 90.3 Å². The van der Waals surface area contributed by atoms with Gasteiger partial charge in [0.25, 0.3) is 0 Å². The average molecular weight is 1730 g/mol. The lowest BCUT2D eigenvalue weighted by atomic mass is 9.46. The molecule has 10 saturated carbocycles. The largest absolute Gasteiger partial charge is 0.457 e. The molecule has 3 N–H and O–H groups in total. The molecule has 125 heavy (non-hydrogen) atoms. The number of rotatable bonds is 23. The molecule has 0 aliphatic heterocycles. The van der Waals surface area contributed by atoms with Crippen molar-refractivity contribution in [2.75, 3.05) is 26.4 Å². The predicted octanol–water partition coefficient (Wildman–Crippen LogP) is 17.8. The predicted molar refractivity (Wildman–Crippen MR) is 469 cm³/mol. The van der Waals surface area contributed by atoms with E-state index >= 15 is 0 Å². The summed E-state index contributed by atoms with van der Waals surface area (Å²) in [5.41, 5.74) is 1.15. The van der Waals surface area contributed by atoms with E-state index in [0.29, 0.717) is 137 Å². The van der Waals surface area contributed by atoms with E-state index in [0.717, 1.165) is 141 Å². The quantitative estimate of drug-likeness (QED) is 0.0486. The second kappa shape index (κ2) is 36.8. The molecule has 21 nitrogen and oxygen atoms in total. The summed E-state index contributed by atoms with van der Waals surface area (Å²) in [6.45, 7) is 25.0. The first-order chi connectivity index (χ1) is 59.3. The van der Waals surface area contributed by atoms with Crippen molar-refractivity contribution in [3.8, 4) is 0 Å². The van der Waals surface area contributed by atoms with Crippen LogP contribution in [0.25, 0.3) is 0 Å². The lowest BCUT2D eigenvalue weighted by molar-refractivity contribution is -0.191. The van der Waals surface area contributed by atoms with Gasteiger partial charge in [-0.3, -0.25) is 62.3 Å². The third-order valence-corrected chi connectivity index (χ3v) is 37.2. The van der Waals surface area contributed by atoms with Crippen LogP contribution in [0.1, 0.15) is 347 Å². The Kier molecular flexibility index (Phi) is 28.1. The summed E-state index contributed by atoms with van der Waals surface area (Å²) >= 11 is 0. The topological polar surface area (TPSA) is 329 Å². The fourth-order valence-corrected chi connectivity index (χ4v) is 30.2. The maximum Gasteiger partial charge on any atom is 0.306 e. The Bertz CT molecular complexity index is 4490. The van der Waals surface area contributed by atoms with E-state index in [-0.39, 0.29) is 136 Å². The zero-order valence-corrected chi connectivity index (χ0v) is 77.5. The number of ether oxygens (including phenoxy) is 5. The Morgan fingerprint density at radius 1 is 0.336 bits per heavy atom. The molecule has 0 saturated heterocycles. The van der Waals surface area contributed by atoms with Crippen molar-refractivity contribution in [1.82, 2.24) is 0 Å². The molecule has 0 spiro atoms. The third-order valence-electron chi connectivity index (χ3n) is 37.2. The Balaban J connectivity index is 0.000000143. The first-order valence-corrected chi connectivity index (χ1v) is 48.6. The number of carbonyl (C=O) groups is 13. The number of esters is 5. The van der Waals surface area contributed by atoms with Crippen LogP contribution in [0.2, 0.25) is 0 Å². The van der Waals surface area contributed by atoms with Crippen molar-refractivity contribution in [2.45, 2.75) is 369 Å². The van der Waals surface area contributed by atoms with Crippen LogP contribution in [0.4, 0.5) is 0 Å². The summed E-state index contributed by atoms with van der Waals surface area (Å²) in [4.78, 5) is 163. The molecular formula is C104H146O21. The molecule has 21 heteroatoms. The average Bonchev–Trinajstić information content (AvgIpc) is 1.60. The van der Waals surface area contributed by atoms with Crippen LogP contribution in [0.3, 0.4) is 0 Å². The Morgan fingerprint density at radius 3 is 1.04 bits per heavy atom. The van der Waals surface area contributed by atoms with E-state index < -0.39 is 69.9 Å². The minimum absolute atomic E-state index is 0.0662. The van der Waals surface area contributed by atoms with Crippen molar-refractivity contribution < 1.29 is 101 Å². The van der Waals surface area contributed by atoms with E-state index in [1.807, 2.05) is 52.0 Å². The molecule has 0 bridgehead atoms. The molecular weight excluding hydrogens is 1590 g/mol. The number of hydrogen-bond donors (Lipinski definition) is 3. The van der Waals surface area contributed by atoms with Crippen LogP contribution >= 0.6 is 0 Å². The van der Waals surface area contributed by atoms with Crippen LogP contribution in [-0.2, 0) is 86.0 Å². The lowest BCUT2D eigenvalue weighted by Crippen LogP contribution is -2.59. The number of Topliss-reactive ketones (excluding diaryl/α,β-unsaturated/α-hetero) is 4. The third kappa shape index (κ3) is 16.0. The first kappa shape index (κ1) is 95.6. The summed E-state index contributed by atoms with van der Waals surface area (Å²) in [5.74, 6) is 1.52. The van der Waals surface area contributed by atoms with Gasteiger partial charge in [-0.15, -0.1) is 0 Å². The van der Waals surface area contributed by atoms with Gasteiger partial charge in [0.2, 0.25) is 23.1 Å². The van der Waals surface area contributed by atoms with Crippen LogP contribution in [0.5, 0.6) is 0 Å². The maximum absolute atomic E-state index is 13.7. The number of unbranched alkanes of at least 4 members (excludes halogenated alkanes) is 1. The minimum atomic E-state index is -1.28. The van der Waals surface area contributed by atoms with Crippen molar-refractivity contribution in [3.63, 3.8) is 0 Å². The summed E-state index contributed by atoms with van der Waals surface area (Å²) in [5, 5.41) is 29.3. The van der Waals surface area contributed by atoms with E-state index in [1.54, 1.807) is 6.92 Å². The van der Waals surface area contributed by atoms with Gasteiger partial charge in [0.1, 0.15) is 19.8 Å². The first-order valence-electron chi connectivity index (χ1n) is 48.6. The number of hydrogen-bond acceptors (Lipinski definition) is 21. The second-order valence-corrected chi connectivity index (χ2v) is 42.7. The standard InChI is InChI=1S/C29H40O6.C26H38O5.C25H34O5.C24H34O5/c1-5-7-25(32)34-18-24(31)29(35-26(33)8-6-2)16-13-23-21-10-9-19-17-20(30)11-14-27(19,3)22(21)12-15-28(23,29)4;1-4-5-6-23(30)31-26(22(29)16-27)14-11-21-19-8-7-17-15-18(28)9-12-24(17,2)20(19)10-13-25(21,26)3;1-4-5-22(29)30-25(21(28)15-26)13-10-20-18-7-6-16-14-17(27)8-11-23(16,2)19(18)9-12-24(20,25)3;1-4-21(28)29-24(20(27)14-25)12-9-19-17-6-5-15-13-16(26)7-10-22(15,2)18(17)8-11-23(19,24)3/h12,17,21,23H,5-11,13-16,18H2,1-4H3;15,19-21,27H,4-14,16H2,1-3H3;9,14,18,20,26H,4-8,10-13,15H2,1-3H3;13,17-19,25H,4-12,14H2,1-3H3/t21?,23?,27-,28-,29-;19-,20+,21+,24+,25+,26+;18?,20?,23-,24-,25+;17-,18+,19+,22+,23+,24+/m0101/s1. The van der Waals surface area contributed by atoms with E-state index in [1.165, 1.54) is 33.4 Å². The van der Waals surface area contributed by atoms with E-state index in [2.05, 4.69) is 67.5 Å². The van der Waals surface area contributed by atoms with Gasteiger partial charge in [-0.2, -0.15) is 0 Å². The van der Waals surface area contributed by atoms with Gasteiger partial charge < -0.3 is 39.0 Å². The zero-order valence-electron chi connectivity index (χ0n) is 77.5. The zero-order chi connectivity index (χ0) is 90.6. The Hall–Kier alpha value is -6.97. The maximum atomic E-state index is 13.7. The van der Waals surface area contributed by atoms with Gasteiger partial charge in [-0.25, -0.2) is 0 Å². The number of ketones is 8. The van der Waals surface area contributed by atoms with Crippen molar-refractivity contribution in [2.24, 2.45) is 102 Å². The molecule has 10 fully saturated rings. The summed E-state index contributed by atoms with van der Waals surface area (Å²) in [6.07, 6.45) is 41.0. The highest BCUT2D eigenvalue weighted by atomic mass is 16.6. The van der Waals surface area contributed by atoms with Gasteiger partial charge in [0.15, 0.2) is 52.1 Å². The van der Waals surface area contributed by atoms with Crippen molar-refractivity contribution >= 4 is 76.1 Å². The lowest BCUT2D eigenvalue weighted by Gasteiger charge is -2.59. The molecule has 0 aromatic carbocycles. The van der Waals surface area contributed by atoms with Crippen LogP contribution in [0, 0.1) is 102 Å². The molecule has 0 aromatic heterocycles. The summed E-state index contributed by atoms with van der Waals surface area (Å²) in [7, 11) is 0. The number of aliphatic hydroxyl groups excluding tert-OH is 3. The molecule has 22 atom stereocenters. The number of aliphatic hydroxyl groups is 3. The monoisotopic (exact) mass is 1730 g/mol. The molecule has 16 aliphatic rings. The second-order valence-electron chi connectivity index (χ2n) is 42.7. The van der Waals surface area contributed by atoms with Gasteiger partial charge in [-0.1, -0.05) is 142 Å². The molecule has 688 valence electrons. The minimum Gasteiger partial charge on any atom is -0.457 e. The highest BCUT2D eigenvalue weighted by molar-refractivity contribution is 5.97. The normalized spacial score (nSPS) is 40.0. The van der Waals surface area contributed by atoms with Crippen molar-refractivity contribution in [3.05, 3.63) is 69.9 Å². The van der Waals surface area contributed by atoms with Gasteiger partial charge in [-0.05, 0) is 287 Å². The number of carbonyl (C=O) groups excluding carboxylic acids is 13. The van der Waals surface area contributed by atoms with Crippen LogP contribution < -0.4 is 0 Å². The molecule has 16 rings (SSSR count). The fourth-order valence-electron chi connectivity index (χ4n) is 30.2. The van der Waals surface area contributed by atoms with E-state index in [4.69, 9.17) is 23.7 Å². The van der Waals surface area contributed by atoms with Crippen LogP contribution in [-0.4, -0.2) is 140 Å². The molecule has 4 unspecified atom stereocenters. The molecule has 0 aromatic rings. The van der Waals surface area contributed by atoms with Gasteiger partial charge in [0.05, 0.1) is 0 Å². The molecule has 0 radical (unpaired) electrons. The van der Waals surface area contributed by atoms with E-state index in [9.17, 15) is 77.6 Å². The number of allylic oxidation sites excluding steroid dienone is 10. The molecule has 0 amide bonds. The SMILES string of the molecule is CCC(=O)O[C@]1(C(=O)CO)CC[C@H]2[C@@H]3CCC4=CC(=O)CC[C@]4(C)[C@H]3CC[C@@]21C.CCCC(=O)OCC(=O)[C@@]1(OC(=O)CCC)CCC2C3CCC4=CC(=O)CC[C@]4(C)C3=CC[C@@]21C.CCCC(=O)O[C@@]1(C(=O)CO)CCC2C3CCC4=CC(=O)CC[C@]4(C)C3=CC[C@@]21C.CCCCC(=O)O[C@]1(C(=O)CO)CC[C@H]2[C@@H]3CCC4=CC(=O)CC[C@]4(C)[C@H]3CC[C@@]21C. The summed E-state index contributed by atoms with van der Waals surface area (Å²) in [6, 6.07) is 0. The molecule has 0 heterocycles. The Labute approximate surface area is 741 Å². The van der Waals surface area contributed by atoms with Gasteiger partial charge >= 0.3 is 29.8 Å². The number of fused-ring (bicyclic) bond motifs is 20. The molecule has 16 aliphatic carbocycles. The summed E-state index contributed by atoms with van der Waals surface area (Å²) < 4.78 is 29.3.